The van der Waals surface area contributed by atoms with Gasteiger partial charge in [-0.3, -0.25) is 4.79 Å². The van der Waals surface area contributed by atoms with Gasteiger partial charge >= 0.3 is 0 Å². The summed E-state index contributed by atoms with van der Waals surface area (Å²) in [6, 6.07) is 0. The zero-order valence-electron chi connectivity index (χ0n) is 8.19. The molecule has 1 amide bonds. The second-order valence-corrected chi connectivity index (χ2v) is 2.93. The van der Waals surface area contributed by atoms with Crippen LogP contribution in [0.1, 0.15) is 6.92 Å². The average Bonchev–Trinajstić information content (AvgIpc) is 2.16. The monoisotopic (exact) mass is 185 g/mol. The highest BCUT2D eigenvalue weighted by atomic mass is 16.5. The molecule has 1 aliphatic rings. The zero-order chi connectivity index (χ0) is 9.84. The molecular weight excluding hydrogens is 170 g/mol. The Morgan fingerprint density at radius 2 is 2.15 bits per heavy atom. The number of hydrogen-bond acceptors (Lipinski definition) is 3. The molecule has 4 heteroatoms. The minimum Gasteiger partial charge on any atom is -0.373 e. The number of carbonyl (C=O) groups excluding carboxylic acids is 1. The summed E-state index contributed by atoms with van der Waals surface area (Å²) < 4.78 is 10.4. The van der Waals surface area contributed by atoms with Gasteiger partial charge in [0.25, 0.3) is 0 Å². The third-order valence-corrected chi connectivity index (χ3v) is 2.13. The highest BCUT2D eigenvalue weighted by Crippen LogP contribution is 2.15. The van der Waals surface area contributed by atoms with E-state index in [1.165, 1.54) is 6.92 Å². The lowest BCUT2D eigenvalue weighted by Crippen LogP contribution is -2.49. The van der Waals surface area contributed by atoms with Crippen LogP contribution >= 0.6 is 0 Å². The highest BCUT2D eigenvalue weighted by Gasteiger charge is 2.29. The van der Waals surface area contributed by atoms with Crippen molar-refractivity contribution in [2.24, 2.45) is 0 Å². The van der Waals surface area contributed by atoms with Crippen LogP contribution in [-0.4, -0.2) is 43.9 Å². The van der Waals surface area contributed by atoms with Crippen LogP contribution in [0.2, 0.25) is 0 Å². The lowest BCUT2D eigenvalue weighted by molar-refractivity contribution is -0.152. The van der Waals surface area contributed by atoms with E-state index in [4.69, 9.17) is 9.47 Å². The standard InChI is InChI=1S/C9H15NO3/c1-7(11)10-6-4-5-8(12-2)9(10)13-3/h4-5,8-9H,6H2,1-3H3/t8-,9-/m1/s1. The molecule has 0 unspecified atom stereocenters. The van der Waals surface area contributed by atoms with Gasteiger partial charge < -0.3 is 14.4 Å². The van der Waals surface area contributed by atoms with Crippen molar-refractivity contribution in [3.63, 3.8) is 0 Å². The first kappa shape index (κ1) is 10.2. The Bertz CT molecular complexity index is 215. The van der Waals surface area contributed by atoms with E-state index in [1.807, 2.05) is 12.2 Å². The highest BCUT2D eigenvalue weighted by molar-refractivity contribution is 5.74. The largest absolute Gasteiger partial charge is 0.373 e. The van der Waals surface area contributed by atoms with Gasteiger partial charge in [-0.2, -0.15) is 0 Å². The number of hydrogen-bond donors (Lipinski definition) is 0. The molecular formula is C9H15NO3. The first-order valence-electron chi connectivity index (χ1n) is 4.20. The van der Waals surface area contributed by atoms with Crippen LogP contribution in [0.3, 0.4) is 0 Å². The molecule has 0 aromatic heterocycles. The summed E-state index contributed by atoms with van der Waals surface area (Å²) in [5.74, 6) is -0.00162. The van der Waals surface area contributed by atoms with E-state index < -0.39 is 0 Å². The molecule has 2 atom stereocenters. The molecule has 0 aromatic carbocycles. The van der Waals surface area contributed by atoms with Crippen LogP contribution in [0.5, 0.6) is 0 Å². The SMILES string of the molecule is CO[C@@H]1[C@H](OC)C=CCN1C(C)=O. The lowest BCUT2D eigenvalue weighted by Gasteiger charge is -2.35. The third kappa shape index (κ3) is 2.08. The van der Waals surface area contributed by atoms with Crippen molar-refractivity contribution in [3.8, 4) is 0 Å². The fraction of sp³-hybridized carbons (Fsp3) is 0.667. The zero-order valence-corrected chi connectivity index (χ0v) is 8.19. The molecule has 0 fully saturated rings. The van der Waals surface area contributed by atoms with E-state index in [9.17, 15) is 4.79 Å². The molecule has 1 aliphatic heterocycles. The van der Waals surface area contributed by atoms with E-state index in [2.05, 4.69) is 0 Å². The Labute approximate surface area is 78.1 Å². The van der Waals surface area contributed by atoms with Crippen molar-refractivity contribution in [3.05, 3.63) is 12.2 Å². The Morgan fingerprint density at radius 1 is 1.46 bits per heavy atom. The topological polar surface area (TPSA) is 38.8 Å². The summed E-state index contributed by atoms with van der Waals surface area (Å²) in [5.41, 5.74) is 0. The van der Waals surface area contributed by atoms with Crippen LogP contribution in [-0.2, 0) is 14.3 Å². The van der Waals surface area contributed by atoms with Crippen molar-refractivity contribution in [2.75, 3.05) is 20.8 Å². The molecule has 0 aliphatic carbocycles. The fourth-order valence-corrected chi connectivity index (χ4v) is 1.45. The summed E-state index contributed by atoms with van der Waals surface area (Å²) in [7, 11) is 3.18. The maximum Gasteiger partial charge on any atom is 0.221 e. The molecule has 0 N–H and O–H groups in total. The number of rotatable bonds is 2. The Morgan fingerprint density at radius 3 is 2.62 bits per heavy atom. The number of nitrogens with zero attached hydrogens (tertiary/aromatic N) is 1. The molecule has 0 spiro atoms. The minimum absolute atomic E-state index is 0.00162. The molecule has 1 rings (SSSR count). The van der Waals surface area contributed by atoms with Gasteiger partial charge in [0.15, 0.2) is 6.23 Å². The Balaban J connectivity index is 2.76. The normalized spacial score (nSPS) is 27.8. The molecule has 0 saturated heterocycles. The van der Waals surface area contributed by atoms with Crippen LogP contribution in [0.25, 0.3) is 0 Å². The minimum atomic E-state index is -0.299. The van der Waals surface area contributed by atoms with Crippen LogP contribution in [0, 0.1) is 0 Å². The van der Waals surface area contributed by atoms with Crippen molar-refractivity contribution in [1.29, 1.82) is 0 Å². The average molecular weight is 185 g/mol. The molecule has 0 bridgehead atoms. The molecule has 0 radical (unpaired) electrons. The molecule has 4 nitrogen and oxygen atoms in total. The van der Waals surface area contributed by atoms with Crippen molar-refractivity contribution in [2.45, 2.75) is 19.3 Å². The van der Waals surface area contributed by atoms with Crippen LogP contribution in [0.4, 0.5) is 0 Å². The van der Waals surface area contributed by atoms with Crippen LogP contribution < -0.4 is 0 Å². The second kappa shape index (κ2) is 4.39. The maximum atomic E-state index is 11.2. The maximum absolute atomic E-state index is 11.2. The smallest absolute Gasteiger partial charge is 0.221 e. The lowest BCUT2D eigenvalue weighted by atomic mass is 10.2. The van der Waals surface area contributed by atoms with Crippen molar-refractivity contribution >= 4 is 5.91 Å². The van der Waals surface area contributed by atoms with Gasteiger partial charge in [-0.25, -0.2) is 0 Å². The van der Waals surface area contributed by atoms with E-state index in [1.54, 1.807) is 19.1 Å². The van der Waals surface area contributed by atoms with Gasteiger partial charge in [0.2, 0.25) is 5.91 Å². The second-order valence-electron chi connectivity index (χ2n) is 2.93. The fourth-order valence-electron chi connectivity index (χ4n) is 1.45. The van der Waals surface area contributed by atoms with Gasteiger partial charge in [0.05, 0.1) is 0 Å². The molecule has 0 aromatic rings. The van der Waals surface area contributed by atoms with Gasteiger partial charge in [0.1, 0.15) is 6.10 Å². The molecule has 74 valence electrons. The number of ether oxygens (including phenoxy) is 2. The number of methoxy groups -OCH3 is 2. The van der Waals surface area contributed by atoms with Crippen molar-refractivity contribution in [1.82, 2.24) is 4.90 Å². The van der Waals surface area contributed by atoms with Gasteiger partial charge in [-0.1, -0.05) is 12.2 Å². The van der Waals surface area contributed by atoms with Crippen molar-refractivity contribution < 1.29 is 14.3 Å². The van der Waals surface area contributed by atoms with Gasteiger partial charge in [0, 0.05) is 27.7 Å². The van der Waals surface area contributed by atoms with Crippen LogP contribution in [0.15, 0.2) is 12.2 Å². The molecule has 0 saturated carbocycles. The predicted octanol–water partition coefficient (Wildman–Crippen LogP) is 0.392. The first-order chi connectivity index (χ1) is 6.20. The number of amides is 1. The Hall–Kier alpha value is -0.870. The predicted molar refractivity (Wildman–Crippen MR) is 48.1 cm³/mol. The number of carbonyl (C=O) groups is 1. The summed E-state index contributed by atoms with van der Waals surface area (Å²) in [6.07, 6.45) is 3.36. The van der Waals surface area contributed by atoms with E-state index >= 15 is 0 Å². The summed E-state index contributed by atoms with van der Waals surface area (Å²) in [6.45, 7) is 2.12. The first-order valence-corrected chi connectivity index (χ1v) is 4.20. The van der Waals surface area contributed by atoms with Gasteiger partial charge in [-0.15, -0.1) is 0 Å². The quantitative estimate of drug-likeness (QED) is 0.584. The summed E-state index contributed by atoms with van der Waals surface area (Å²) >= 11 is 0. The summed E-state index contributed by atoms with van der Waals surface area (Å²) in [5, 5.41) is 0. The molecule has 1 heterocycles. The van der Waals surface area contributed by atoms with E-state index in [-0.39, 0.29) is 18.2 Å². The molecule has 13 heavy (non-hydrogen) atoms. The summed E-state index contributed by atoms with van der Waals surface area (Å²) in [4.78, 5) is 12.8. The van der Waals surface area contributed by atoms with E-state index in [0.29, 0.717) is 6.54 Å². The Kier molecular flexibility index (Phi) is 3.45. The van der Waals surface area contributed by atoms with E-state index in [0.717, 1.165) is 0 Å². The van der Waals surface area contributed by atoms with Gasteiger partial charge in [-0.05, 0) is 0 Å². The third-order valence-electron chi connectivity index (χ3n) is 2.13.